The molecule has 1 aliphatic carbocycles. The van der Waals surface area contributed by atoms with Gasteiger partial charge in [0.15, 0.2) is 0 Å². The number of hydrogen-bond donors (Lipinski definition) is 0. The van der Waals surface area contributed by atoms with Crippen molar-refractivity contribution in [3.05, 3.63) is 0 Å². The highest BCUT2D eigenvalue weighted by Gasteiger charge is 2.41. The Bertz CT molecular complexity index is 108. The summed E-state index contributed by atoms with van der Waals surface area (Å²) in [7, 11) is 2.26. The maximum absolute atomic E-state index is 2.61. The van der Waals surface area contributed by atoms with Gasteiger partial charge in [-0.1, -0.05) is 22.6 Å². The summed E-state index contributed by atoms with van der Waals surface area (Å²) in [5.74, 6) is 1.03. The van der Waals surface area contributed by atoms with E-state index in [9.17, 15) is 0 Å². The summed E-state index contributed by atoms with van der Waals surface area (Å²) in [6.07, 6.45) is 2.92. The maximum atomic E-state index is 2.61. The number of piperidine rings is 1. The Morgan fingerprint density at radius 1 is 1.44 bits per heavy atom. The number of nitrogens with zero attached hydrogens (tertiary/aromatic N) is 1. The van der Waals surface area contributed by atoms with Crippen LogP contribution in [0, 0.1) is 5.92 Å². The smallest absolute Gasteiger partial charge is 0.0165 e. The van der Waals surface area contributed by atoms with Crippen LogP contribution in [0.25, 0.3) is 0 Å². The molecule has 1 aliphatic heterocycles. The van der Waals surface area contributed by atoms with Crippen molar-refractivity contribution in [2.24, 2.45) is 5.92 Å². The third kappa shape index (κ3) is 0.909. The Morgan fingerprint density at radius 2 is 2.22 bits per heavy atom. The van der Waals surface area contributed by atoms with E-state index in [1.165, 1.54) is 19.4 Å². The molecule has 0 N–H and O–H groups in total. The Morgan fingerprint density at radius 3 is 2.56 bits per heavy atom. The molecule has 2 fully saturated rings. The highest BCUT2D eigenvalue weighted by atomic mass is 127. The van der Waals surface area contributed by atoms with E-state index in [1.54, 1.807) is 0 Å². The quantitative estimate of drug-likeness (QED) is 0.456. The lowest BCUT2D eigenvalue weighted by Crippen LogP contribution is -2.31. The van der Waals surface area contributed by atoms with Gasteiger partial charge in [-0.05, 0) is 25.8 Å². The zero-order chi connectivity index (χ0) is 6.43. The molecule has 9 heavy (non-hydrogen) atoms. The summed E-state index contributed by atoms with van der Waals surface area (Å²) in [4.78, 5) is 2.51. The molecule has 0 amide bonds. The minimum atomic E-state index is 0.942. The Kier molecular flexibility index (Phi) is 1.49. The molecule has 0 radical (unpaired) electrons. The third-order valence-electron chi connectivity index (χ3n) is 2.73. The average Bonchev–Trinajstić information content (AvgIpc) is 2.24. The van der Waals surface area contributed by atoms with Gasteiger partial charge in [-0.2, -0.15) is 0 Å². The molecule has 0 aromatic heterocycles. The second kappa shape index (κ2) is 2.09. The Labute approximate surface area is 69.9 Å². The number of fused-ring (bicyclic) bond motifs is 2. The van der Waals surface area contributed by atoms with Gasteiger partial charge in [0.05, 0.1) is 0 Å². The van der Waals surface area contributed by atoms with Crippen LogP contribution < -0.4 is 0 Å². The second-order valence-electron chi connectivity index (χ2n) is 3.34. The van der Waals surface area contributed by atoms with E-state index >= 15 is 0 Å². The summed E-state index contributed by atoms with van der Waals surface area (Å²) in [5.41, 5.74) is 0. The topological polar surface area (TPSA) is 3.24 Å². The van der Waals surface area contributed by atoms with Crippen LogP contribution in [-0.2, 0) is 0 Å². The maximum Gasteiger partial charge on any atom is 0.0165 e. The van der Waals surface area contributed by atoms with E-state index in [4.69, 9.17) is 0 Å². The molecule has 0 aromatic carbocycles. The van der Waals surface area contributed by atoms with Crippen molar-refractivity contribution in [3.63, 3.8) is 0 Å². The minimum Gasteiger partial charge on any atom is -0.303 e. The first-order valence-corrected chi connectivity index (χ1v) is 4.86. The fourth-order valence-electron chi connectivity index (χ4n) is 2.11. The van der Waals surface area contributed by atoms with E-state index in [0.717, 1.165) is 15.9 Å². The predicted octanol–water partition coefficient (Wildman–Crippen LogP) is 1.51. The molecule has 2 rings (SSSR count). The first-order valence-electron chi connectivity index (χ1n) is 3.61. The normalized spacial score (nSPS) is 50.7. The number of alkyl halides is 1. The molecule has 2 bridgehead atoms. The van der Waals surface area contributed by atoms with E-state index in [1.807, 2.05) is 0 Å². The monoisotopic (exact) mass is 237 g/mol. The third-order valence-corrected chi connectivity index (χ3v) is 4.25. The summed E-state index contributed by atoms with van der Waals surface area (Å²) >= 11 is 2.61. The van der Waals surface area contributed by atoms with E-state index in [-0.39, 0.29) is 0 Å². The summed E-state index contributed by atoms with van der Waals surface area (Å²) in [6.45, 7) is 1.36. The van der Waals surface area contributed by atoms with Gasteiger partial charge in [-0.3, -0.25) is 0 Å². The molecule has 1 saturated carbocycles. The lowest BCUT2D eigenvalue weighted by atomic mass is 10.1. The SMILES string of the molecule is CN1CC2CC1CC2I. The van der Waals surface area contributed by atoms with Gasteiger partial charge in [-0.15, -0.1) is 0 Å². The molecular weight excluding hydrogens is 225 g/mol. The lowest BCUT2D eigenvalue weighted by molar-refractivity contribution is 0.269. The standard InChI is InChI=1S/C7H12IN/c1-9-4-5-2-6(9)3-7(5)8/h5-7H,2-4H2,1H3. The van der Waals surface area contributed by atoms with Gasteiger partial charge in [0.25, 0.3) is 0 Å². The van der Waals surface area contributed by atoms with Crippen LogP contribution in [-0.4, -0.2) is 28.5 Å². The minimum absolute atomic E-state index is 0.942. The first-order chi connectivity index (χ1) is 4.27. The summed E-state index contributed by atoms with van der Waals surface area (Å²) in [6, 6.07) is 0.942. The van der Waals surface area contributed by atoms with Crippen molar-refractivity contribution >= 4 is 22.6 Å². The zero-order valence-electron chi connectivity index (χ0n) is 5.68. The fourth-order valence-corrected chi connectivity index (χ4v) is 3.22. The van der Waals surface area contributed by atoms with Crippen molar-refractivity contribution < 1.29 is 0 Å². The summed E-state index contributed by atoms with van der Waals surface area (Å²) < 4.78 is 0.990. The molecule has 3 unspecified atom stereocenters. The van der Waals surface area contributed by atoms with Crippen LogP contribution in [0.4, 0.5) is 0 Å². The van der Waals surface area contributed by atoms with E-state index in [0.29, 0.717) is 0 Å². The van der Waals surface area contributed by atoms with E-state index < -0.39 is 0 Å². The number of rotatable bonds is 0. The van der Waals surface area contributed by atoms with Gasteiger partial charge in [0.1, 0.15) is 0 Å². The van der Waals surface area contributed by atoms with Gasteiger partial charge >= 0.3 is 0 Å². The molecular formula is C7H12IN. The molecule has 1 nitrogen and oxygen atoms in total. The molecule has 0 spiro atoms. The second-order valence-corrected chi connectivity index (χ2v) is 4.94. The fraction of sp³-hybridized carbons (Fsp3) is 1.00. The Hall–Kier alpha value is 0.690. The first kappa shape index (κ1) is 6.40. The van der Waals surface area contributed by atoms with Crippen molar-refractivity contribution in [3.8, 4) is 0 Å². The van der Waals surface area contributed by atoms with Crippen LogP contribution >= 0.6 is 22.6 Å². The van der Waals surface area contributed by atoms with Crippen molar-refractivity contribution in [2.75, 3.05) is 13.6 Å². The van der Waals surface area contributed by atoms with Gasteiger partial charge in [-0.25, -0.2) is 0 Å². The Balaban J connectivity index is 2.10. The van der Waals surface area contributed by atoms with Crippen LogP contribution in [0.1, 0.15) is 12.8 Å². The van der Waals surface area contributed by atoms with Crippen LogP contribution in [0.3, 0.4) is 0 Å². The zero-order valence-corrected chi connectivity index (χ0v) is 7.84. The van der Waals surface area contributed by atoms with Gasteiger partial charge in [0.2, 0.25) is 0 Å². The molecule has 3 atom stereocenters. The van der Waals surface area contributed by atoms with Crippen LogP contribution in [0.2, 0.25) is 0 Å². The van der Waals surface area contributed by atoms with Crippen LogP contribution in [0.15, 0.2) is 0 Å². The van der Waals surface area contributed by atoms with Gasteiger partial charge < -0.3 is 4.90 Å². The van der Waals surface area contributed by atoms with Crippen molar-refractivity contribution in [1.82, 2.24) is 4.90 Å². The highest BCUT2D eigenvalue weighted by molar-refractivity contribution is 14.1. The molecule has 1 saturated heterocycles. The number of likely N-dealkylation sites (tertiary alicyclic amines) is 1. The molecule has 2 aliphatic rings. The lowest BCUT2D eigenvalue weighted by Gasteiger charge is -2.24. The van der Waals surface area contributed by atoms with Gasteiger partial charge in [0, 0.05) is 16.5 Å². The molecule has 52 valence electrons. The molecule has 0 aromatic rings. The highest BCUT2D eigenvalue weighted by Crippen LogP contribution is 2.40. The average molecular weight is 237 g/mol. The molecule has 1 heterocycles. The number of halogens is 1. The van der Waals surface area contributed by atoms with Crippen molar-refractivity contribution in [2.45, 2.75) is 22.8 Å². The summed E-state index contributed by atoms with van der Waals surface area (Å²) in [5, 5.41) is 0. The largest absolute Gasteiger partial charge is 0.303 e. The van der Waals surface area contributed by atoms with Crippen molar-refractivity contribution in [1.29, 1.82) is 0 Å². The van der Waals surface area contributed by atoms with E-state index in [2.05, 4.69) is 34.5 Å². The molecule has 2 heteroatoms. The predicted molar refractivity (Wildman–Crippen MR) is 47.0 cm³/mol. The number of hydrogen-bond acceptors (Lipinski definition) is 1. The van der Waals surface area contributed by atoms with Crippen LogP contribution in [0.5, 0.6) is 0 Å².